The van der Waals surface area contributed by atoms with Crippen LogP contribution in [0.1, 0.15) is 54.3 Å². The van der Waals surface area contributed by atoms with Crippen LogP contribution in [-0.2, 0) is 16.1 Å². The van der Waals surface area contributed by atoms with Gasteiger partial charge in [0.2, 0.25) is 0 Å². The summed E-state index contributed by atoms with van der Waals surface area (Å²) >= 11 is 0. The number of hydrogen-bond acceptors (Lipinski definition) is 7. The maximum Gasteiger partial charge on any atom is 0.333 e. The van der Waals surface area contributed by atoms with Gasteiger partial charge >= 0.3 is 11.7 Å². The van der Waals surface area contributed by atoms with Crippen molar-refractivity contribution in [2.75, 3.05) is 7.11 Å². The molecular formula is C26H26N6O5. The summed E-state index contributed by atoms with van der Waals surface area (Å²) in [5, 5.41) is 2.66. The number of fused-ring (bicyclic) bond motifs is 1. The Morgan fingerprint density at radius 3 is 2.54 bits per heavy atom. The number of rotatable bonds is 8. The molecule has 5 rings (SSSR count). The number of esters is 1. The largest absolute Gasteiger partial charge is 0.467 e. The minimum Gasteiger partial charge on any atom is -0.467 e. The van der Waals surface area contributed by atoms with Gasteiger partial charge < -0.3 is 15.0 Å². The first-order valence-electron chi connectivity index (χ1n) is 12.1. The Kier molecular flexibility index (Phi) is 6.43. The van der Waals surface area contributed by atoms with Crippen molar-refractivity contribution in [3.05, 3.63) is 80.8 Å². The standard InChI is InChI=1S/C26H26N6O5/c1-3-13-31-22-20(24(34)32(26(31)36)17-10-11-17)28-21(30-22)16-9-12-18(27-14-16)23(33)29-19(25(35)37-2)15-7-5-4-6-8-15/h4-9,12,14,17,19H,3,10-11,13H2,1-2H3,(H,28,30)(H,29,33)/t19-/m1/s1. The summed E-state index contributed by atoms with van der Waals surface area (Å²) < 4.78 is 7.69. The summed E-state index contributed by atoms with van der Waals surface area (Å²) in [7, 11) is 1.25. The summed E-state index contributed by atoms with van der Waals surface area (Å²) in [6.07, 6.45) is 3.77. The molecule has 2 N–H and O–H groups in total. The highest BCUT2D eigenvalue weighted by Gasteiger charge is 2.30. The number of H-pyrrole nitrogens is 1. The molecule has 3 heterocycles. The molecule has 0 spiro atoms. The fourth-order valence-corrected chi connectivity index (χ4v) is 4.27. The minimum absolute atomic E-state index is 0.0663. The van der Waals surface area contributed by atoms with Crippen molar-refractivity contribution < 1.29 is 14.3 Å². The molecule has 1 aliphatic rings. The Balaban J connectivity index is 1.45. The maximum absolute atomic E-state index is 13.0. The number of nitrogens with zero attached hydrogens (tertiary/aromatic N) is 4. The Labute approximate surface area is 211 Å². The van der Waals surface area contributed by atoms with Gasteiger partial charge in [-0.05, 0) is 37.0 Å². The lowest BCUT2D eigenvalue weighted by Gasteiger charge is -2.16. The highest BCUT2D eigenvalue weighted by atomic mass is 16.5. The zero-order chi connectivity index (χ0) is 26.1. The number of amides is 1. The second-order valence-corrected chi connectivity index (χ2v) is 8.90. The number of nitrogens with one attached hydrogen (secondary N) is 2. The molecule has 4 aromatic rings. The average molecular weight is 503 g/mol. The summed E-state index contributed by atoms with van der Waals surface area (Å²) in [4.78, 5) is 63.0. The average Bonchev–Trinajstić information content (AvgIpc) is 3.66. The van der Waals surface area contributed by atoms with Gasteiger partial charge in [0.1, 0.15) is 17.0 Å². The molecule has 0 saturated heterocycles. The number of ether oxygens (including phenoxy) is 1. The lowest BCUT2D eigenvalue weighted by Crippen LogP contribution is -2.39. The lowest BCUT2D eigenvalue weighted by atomic mass is 10.1. The van der Waals surface area contributed by atoms with Crippen LogP contribution in [0.4, 0.5) is 0 Å². The number of aryl methyl sites for hydroxylation is 1. The van der Waals surface area contributed by atoms with Gasteiger partial charge in [-0.2, -0.15) is 0 Å². The number of methoxy groups -OCH3 is 1. The van der Waals surface area contributed by atoms with E-state index in [0.29, 0.717) is 35.6 Å². The van der Waals surface area contributed by atoms with E-state index in [2.05, 4.69) is 20.3 Å². The number of carbonyl (C=O) groups excluding carboxylic acids is 2. The van der Waals surface area contributed by atoms with E-state index >= 15 is 0 Å². The summed E-state index contributed by atoms with van der Waals surface area (Å²) in [5.41, 5.74) is 1.04. The van der Waals surface area contributed by atoms with Gasteiger partial charge in [0.15, 0.2) is 11.7 Å². The summed E-state index contributed by atoms with van der Waals surface area (Å²) in [5.74, 6) is -0.797. The molecule has 190 valence electrons. The van der Waals surface area contributed by atoms with Crippen molar-refractivity contribution in [3.8, 4) is 11.4 Å². The van der Waals surface area contributed by atoms with E-state index < -0.39 is 17.9 Å². The van der Waals surface area contributed by atoms with Crippen molar-refractivity contribution in [1.29, 1.82) is 0 Å². The van der Waals surface area contributed by atoms with Gasteiger partial charge in [-0.1, -0.05) is 37.3 Å². The van der Waals surface area contributed by atoms with E-state index in [1.807, 2.05) is 6.92 Å². The van der Waals surface area contributed by atoms with Crippen LogP contribution in [0.15, 0.2) is 58.3 Å². The normalized spacial score (nSPS) is 13.9. The van der Waals surface area contributed by atoms with Gasteiger partial charge in [-0.3, -0.25) is 23.7 Å². The molecule has 1 aromatic carbocycles. The van der Waals surface area contributed by atoms with Crippen LogP contribution < -0.4 is 16.6 Å². The van der Waals surface area contributed by atoms with E-state index in [9.17, 15) is 19.2 Å². The molecule has 0 bridgehead atoms. The fraction of sp³-hybridized carbons (Fsp3) is 0.308. The van der Waals surface area contributed by atoms with Gasteiger partial charge in [0.25, 0.3) is 11.5 Å². The smallest absolute Gasteiger partial charge is 0.333 e. The van der Waals surface area contributed by atoms with Crippen LogP contribution in [-0.4, -0.2) is 43.1 Å². The third kappa shape index (κ3) is 4.55. The predicted octanol–water partition coefficient (Wildman–Crippen LogP) is 2.34. The summed E-state index contributed by atoms with van der Waals surface area (Å²) in [6, 6.07) is 10.8. The van der Waals surface area contributed by atoms with Crippen molar-refractivity contribution >= 4 is 23.0 Å². The van der Waals surface area contributed by atoms with Crippen molar-refractivity contribution in [3.63, 3.8) is 0 Å². The first-order valence-corrected chi connectivity index (χ1v) is 12.1. The molecule has 1 saturated carbocycles. The number of aromatic nitrogens is 5. The highest BCUT2D eigenvalue weighted by Crippen LogP contribution is 2.32. The van der Waals surface area contributed by atoms with E-state index in [0.717, 1.165) is 12.8 Å². The Morgan fingerprint density at radius 2 is 1.92 bits per heavy atom. The monoisotopic (exact) mass is 502 g/mol. The number of aromatic amines is 1. The van der Waals surface area contributed by atoms with Gasteiger partial charge in [0, 0.05) is 24.3 Å². The third-order valence-corrected chi connectivity index (χ3v) is 6.28. The number of benzene rings is 1. The van der Waals surface area contributed by atoms with Crippen LogP contribution in [0, 0.1) is 0 Å². The molecule has 0 aliphatic heterocycles. The molecule has 1 atom stereocenters. The molecule has 1 fully saturated rings. The highest BCUT2D eigenvalue weighted by molar-refractivity contribution is 5.95. The molecule has 3 aromatic heterocycles. The SMILES string of the molecule is CCCn1c(=O)n(C2CC2)c(=O)c2[nH]c(-c3ccc(C(=O)N[C@@H](C(=O)OC)c4ccccc4)nc3)nc21. The summed E-state index contributed by atoms with van der Waals surface area (Å²) in [6.45, 7) is 2.39. The zero-order valence-corrected chi connectivity index (χ0v) is 20.4. The van der Waals surface area contributed by atoms with E-state index in [1.165, 1.54) is 28.5 Å². The molecule has 1 aliphatic carbocycles. The van der Waals surface area contributed by atoms with Gasteiger partial charge in [0.05, 0.1) is 7.11 Å². The number of pyridine rings is 1. The molecule has 37 heavy (non-hydrogen) atoms. The Bertz CT molecular complexity index is 1580. The molecular weight excluding hydrogens is 476 g/mol. The van der Waals surface area contributed by atoms with E-state index in [4.69, 9.17) is 4.74 Å². The fourth-order valence-electron chi connectivity index (χ4n) is 4.27. The molecule has 11 heteroatoms. The maximum atomic E-state index is 13.0. The molecule has 1 amide bonds. The van der Waals surface area contributed by atoms with Gasteiger partial charge in [-0.15, -0.1) is 0 Å². The van der Waals surface area contributed by atoms with Crippen LogP contribution >= 0.6 is 0 Å². The van der Waals surface area contributed by atoms with Crippen molar-refractivity contribution in [1.82, 2.24) is 29.4 Å². The van der Waals surface area contributed by atoms with Crippen molar-refractivity contribution in [2.24, 2.45) is 0 Å². The second-order valence-electron chi connectivity index (χ2n) is 8.90. The van der Waals surface area contributed by atoms with Crippen LogP contribution in [0.25, 0.3) is 22.6 Å². The van der Waals surface area contributed by atoms with Crippen molar-refractivity contribution in [2.45, 2.75) is 44.8 Å². The van der Waals surface area contributed by atoms with Crippen LogP contribution in [0.5, 0.6) is 0 Å². The second kappa shape index (κ2) is 9.84. The first-order chi connectivity index (χ1) is 17.9. The quantitative estimate of drug-likeness (QED) is 0.352. The molecule has 11 nitrogen and oxygen atoms in total. The molecule has 0 unspecified atom stereocenters. The van der Waals surface area contributed by atoms with E-state index in [-0.39, 0.29) is 28.5 Å². The topological polar surface area (TPSA) is 141 Å². The first kappa shape index (κ1) is 24.2. The molecule has 0 radical (unpaired) electrons. The van der Waals surface area contributed by atoms with E-state index in [1.54, 1.807) is 36.4 Å². The zero-order valence-electron chi connectivity index (χ0n) is 20.4. The van der Waals surface area contributed by atoms with Gasteiger partial charge in [-0.25, -0.2) is 14.6 Å². The predicted molar refractivity (Wildman–Crippen MR) is 135 cm³/mol. The number of carbonyl (C=O) groups is 2. The third-order valence-electron chi connectivity index (χ3n) is 6.28. The number of imidazole rings is 1. The van der Waals surface area contributed by atoms with Crippen LogP contribution in [0.3, 0.4) is 0 Å². The minimum atomic E-state index is -0.987. The lowest BCUT2D eigenvalue weighted by molar-refractivity contribution is -0.143. The Morgan fingerprint density at radius 1 is 1.16 bits per heavy atom. The number of hydrogen-bond donors (Lipinski definition) is 2. The van der Waals surface area contributed by atoms with Crippen LogP contribution in [0.2, 0.25) is 0 Å². The Hall–Kier alpha value is -4.54.